The summed E-state index contributed by atoms with van der Waals surface area (Å²) in [6.07, 6.45) is 7.57. The summed E-state index contributed by atoms with van der Waals surface area (Å²) in [6.45, 7) is 2.32. The predicted octanol–water partition coefficient (Wildman–Crippen LogP) is 2.27. The summed E-state index contributed by atoms with van der Waals surface area (Å²) in [4.78, 5) is 29.2. The minimum absolute atomic E-state index is 0.0974. The fraction of sp³-hybridized carbons (Fsp3) is 0.200. The molecule has 146 valence electrons. The summed E-state index contributed by atoms with van der Waals surface area (Å²) < 4.78 is 7.09. The molecule has 29 heavy (non-hydrogen) atoms. The average molecular weight is 389 g/mol. The second-order valence-electron chi connectivity index (χ2n) is 6.37. The molecular weight excluding hydrogens is 370 g/mol. The second kappa shape index (κ2) is 8.42. The van der Waals surface area contributed by atoms with E-state index >= 15 is 0 Å². The van der Waals surface area contributed by atoms with Gasteiger partial charge in [-0.05, 0) is 36.8 Å². The molecule has 0 fully saturated rings. The zero-order valence-electron chi connectivity index (χ0n) is 15.8. The van der Waals surface area contributed by atoms with E-state index in [-0.39, 0.29) is 12.3 Å². The van der Waals surface area contributed by atoms with Crippen LogP contribution in [0.1, 0.15) is 23.7 Å². The number of imidazole rings is 1. The quantitative estimate of drug-likeness (QED) is 0.516. The van der Waals surface area contributed by atoms with Crippen LogP contribution in [0.4, 0.5) is 0 Å². The third-order valence-electron chi connectivity index (χ3n) is 4.30. The zero-order chi connectivity index (χ0) is 20.1. The summed E-state index contributed by atoms with van der Waals surface area (Å²) in [6, 6.07) is 9.26. The molecule has 0 saturated carbocycles. The van der Waals surface area contributed by atoms with Crippen molar-refractivity contribution >= 4 is 5.91 Å². The van der Waals surface area contributed by atoms with Gasteiger partial charge in [-0.3, -0.25) is 14.3 Å². The van der Waals surface area contributed by atoms with Crippen LogP contribution in [0.3, 0.4) is 0 Å². The number of nitrogens with one attached hydrogen (secondary N) is 1. The number of aromatic nitrogens is 6. The topological polar surface area (TPSA) is 112 Å². The number of aryl methyl sites for hydroxylation is 2. The first kappa shape index (κ1) is 18.5. The zero-order valence-corrected chi connectivity index (χ0v) is 15.8. The molecule has 4 aromatic rings. The lowest BCUT2D eigenvalue weighted by Gasteiger charge is -2.08. The van der Waals surface area contributed by atoms with Gasteiger partial charge in [0, 0.05) is 44.2 Å². The van der Waals surface area contributed by atoms with Crippen LogP contribution in [-0.2, 0) is 17.8 Å². The lowest BCUT2D eigenvalue weighted by molar-refractivity contribution is -0.121. The van der Waals surface area contributed by atoms with E-state index in [0.717, 1.165) is 17.2 Å². The minimum Gasteiger partial charge on any atom is -0.352 e. The molecule has 0 saturated heterocycles. The third kappa shape index (κ3) is 4.52. The predicted molar refractivity (Wildman–Crippen MR) is 104 cm³/mol. The molecule has 0 spiro atoms. The third-order valence-corrected chi connectivity index (χ3v) is 4.30. The van der Waals surface area contributed by atoms with Crippen LogP contribution >= 0.6 is 0 Å². The summed E-state index contributed by atoms with van der Waals surface area (Å²) in [7, 11) is 0. The molecule has 0 aliphatic rings. The lowest BCUT2D eigenvalue weighted by Crippen LogP contribution is -2.23. The Hall–Kier alpha value is -3.88. The van der Waals surface area contributed by atoms with E-state index in [2.05, 4.69) is 30.4 Å². The maximum absolute atomic E-state index is 12.2. The van der Waals surface area contributed by atoms with Crippen LogP contribution in [0, 0.1) is 6.92 Å². The number of hydrogen-bond acceptors (Lipinski definition) is 7. The average Bonchev–Trinajstić information content (AvgIpc) is 3.41. The fourth-order valence-electron chi connectivity index (χ4n) is 2.79. The monoisotopic (exact) mass is 389 g/mol. The van der Waals surface area contributed by atoms with Crippen molar-refractivity contribution in [3.63, 3.8) is 0 Å². The normalized spacial score (nSPS) is 10.8. The smallest absolute Gasteiger partial charge is 0.227 e. The Morgan fingerprint density at radius 2 is 2.07 bits per heavy atom. The number of rotatable bonds is 7. The summed E-state index contributed by atoms with van der Waals surface area (Å²) >= 11 is 0. The van der Waals surface area contributed by atoms with Crippen molar-refractivity contribution < 1.29 is 9.32 Å². The number of carbonyl (C=O) groups is 1. The molecule has 9 heteroatoms. The van der Waals surface area contributed by atoms with Crippen LogP contribution in [0.25, 0.3) is 17.3 Å². The molecule has 0 atom stereocenters. The highest BCUT2D eigenvalue weighted by molar-refractivity contribution is 5.76. The van der Waals surface area contributed by atoms with Gasteiger partial charge in [0.15, 0.2) is 0 Å². The number of hydrogen-bond donors (Lipinski definition) is 1. The van der Waals surface area contributed by atoms with E-state index in [1.807, 2.05) is 42.0 Å². The van der Waals surface area contributed by atoms with Crippen LogP contribution in [-0.4, -0.2) is 35.6 Å². The van der Waals surface area contributed by atoms with Gasteiger partial charge in [-0.25, -0.2) is 9.97 Å². The number of carbonyl (C=O) groups excluding carboxylic acids is 1. The van der Waals surface area contributed by atoms with Crippen molar-refractivity contribution in [3.05, 3.63) is 72.4 Å². The first-order chi connectivity index (χ1) is 14.2. The van der Waals surface area contributed by atoms with Crippen molar-refractivity contribution in [1.29, 1.82) is 0 Å². The molecule has 0 unspecified atom stereocenters. The Bertz CT molecular complexity index is 1100. The van der Waals surface area contributed by atoms with E-state index in [0.29, 0.717) is 30.4 Å². The van der Waals surface area contributed by atoms with Gasteiger partial charge in [0.25, 0.3) is 0 Å². The number of amides is 1. The first-order valence-corrected chi connectivity index (χ1v) is 9.15. The van der Waals surface area contributed by atoms with Crippen molar-refractivity contribution in [1.82, 2.24) is 35.0 Å². The van der Waals surface area contributed by atoms with Crippen molar-refractivity contribution in [2.24, 2.45) is 0 Å². The summed E-state index contributed by atoms with van der Waals surface area (Å²) in [5, 5.41) is 6.81. The summed E-state index contributed by atoms with van der Waals surface area (Å²) in [5.41, 5.74) is 1.58. The highest BCUT2D eigenvalue weighted by atomic mass is 16.5. The van der Waals surface area contributed by atoms with Crippen LogP contribution in [0.2, 0.25) is 0 Å². The van der Waals surface area contributed by atoms with Crippen LogP contribution in [0.5, 0.6) is 0 Å². The Morgan fingerprint density at radius 1 is 1.14 bits per heavy atom. The van der Waals surface area contributed by atoms with E-state index in [1.54, 1.807) is 24.7 Å². The van der Waals surface area contributed by atoms with Gasteiger partial charge >= 0.3 is 0 Å². The van der Waals surface area contributed by atoms with Crippen molar-refractivity contribution in [2.75, 3.05) is 0 Å². The van der Waals surface area contributed by atoms with E-state index in [9.17, 15) is 4.79 Å². The summed E-state index contributed by atoms with van der Waals surface area (Å²) in [5.74, 6) is 2.34. The Balaban J connectivity index is 1.30. The van der Waals surface area contributed by atoms with Gasteiger partial charge in [-0.15, -0.1) is 0 Å². The SMILES string of the molecule is Cc1nccn1-c1cc(CNC(=O)CCc2nc(-c3ccccn3)no2)ccn1. The molecule has 1 amide bonds. The number of nitrogens with zero attached hydrogens (tertiary/aromatic N) is 6. The van der Waals surface area contributed by atoms with Gasteiger partial charge in [0.2, 0.25) is 17.6 Å². The van der Waals surface area contributed by atoms with E-state index in [1.165, 1.54) is 0 Å². The van der Waals surface area contributed by atoms with Gasteiger partial charge in [0.1, 0.15) is 17.3 Å². The molecule has 1 N–H and O–H groups in total. The van der Waals surface area contributed by atoms with E-state index < -0.39 is 0 Å². The maximum Gasteiger partial charge on any atom is 0.227 e. The molecule has 0 aliphatic heterocycles. The van der Waals surface area contributed by atoms with E-state index in [4.69, 9.17) is 4.52 Å². The Labute approximate surface area is 166 Å². The van der Waals surface area contributed by atoms with Gasteiger partial charge in [0.05, 0.1) is 0 Å². The Kier molecular flexibility index (Phi) is 5.37. The first-order valence-electron chi connectivity index (χ1n) is 9.15. The fourth-order valence-corrected chi connectivity index (χ4v) is 2.79. The van der Waals surface area contributed by atoms with Gasteiger partial charge in [-0.1, -0.05) is 11.2 Å². The molecular formula is C20H19N7O2. The molecule has 0 aromatic carbocycles. The standard InChI is InChI=1S/C20H19N7O2/c1-14-21-10-11-27(14)17-12-15(7-9-23-17)13-24-18(28)5-6-19-25-20(26-29-19)16-4-2-3-8-22-16/h2-4,7-12H,5-6,13H2,1H3,(H,24,28). The molecule has 4 rings (SSSR count). The van der Waals surface area contributed by atoms with Crippen LogP contribution < -0.4 is 5.32 Å². The molecule has 9 nitrogen and oxygen atoms in total. The molecule has 4 aromatic heterocycles. The highest BCUT2D eigenvalue weighted by Gasteiger charge is 2.11. The van der Waals surface area contributed by atoms with Gasteiger partial charge < -0.3 is 9.84 Å². The molecule has 0 aliphatic carbocycles. The molecule has 0 radical (unpaired) electrons. The second-order valence-corrected chi connectivity index (χ2v) is 6.37. The Morgan fingerprint density at radius 3 is 2.86 bits per heavy atom. The van der Waals surface area contributed by atoms with Crippen LogP contribution in [0.15, 0.2) is 59.6 Å². The molecule has 0 bridgehead atoms. The van der Waals surface area contributed by atoms with Crippen molar-refractivity contribution in [2.45, 2.75) is 26.3 Å². The maximum atomic E-state index is 12.2. The van der Waals surface area contributed by atoms with Gasteiger partial charge in [-0.2, -0.15) is 4.98 Å². The highest BCUT2D eigenvalue weighted by Crippen LogP contribution is 2.13. The minimum atomic E-state index is -0.0974. The molecule has 4 heterocycles. The number of pyridine rings is 2. The lowest BCUT2D eigenvalue weighted by atomic mass is 10.2. The van der Waals surface area contributed by atoms with Crippen molar-refractivity contribution in [3.8, 4) is 17.3 Å². The largest absolute Gasteiger partial charge is 0.352 e.